The third-order valence-corrected chi connectivity index (χ3v) is 5.22. The first-order valence-electron chi connectivity index (χ1n) is 6.17. The Hall–Kier alpha value is -1.91. The second-order valence-corrected chi connectivity index (χ2v) is 6.48. The van der Waals surface area contributed by atoms with Crippen LogP contribution in [0.2, 0.25) is 0 Å². The molecule has 1 atom stereocenters. The van der Waals surface area contributed by atoms with E-state index in [1.807, 2.05) is 6.07 Å². The van der Waals surface area contributed by atoms with E-state index in [0.717, 1.165) is 9.87 Å². The van der Waals surface area contributed by atoms with Crippen LogP contribution < -0.4 is 0 Å². The molecule has 0 unspecified atom stereocenters. The fourth-order valence-electron chi connectivity index (χ4n) is 2.28. The molecule has 1 saturated heterocycles. The Kier molecular flexibility index (Phi) is 4.06. The van der Waals surface area contributed by atoms with Crippen LogP contribution in [-0.2, 0) is 21.2 Å². The van der Waals surface area contributed by atoms with Crippen LogP contribution in [0.5, 0.6) is 0 Å². The van der Waals surface area contributed by atoms with Gasteiger partial charge >= 0.3 is 5.97 Å². The molecule has 106 valence electrons. The maximum atomic E-state index is 12.4. The topological polar surface area (TPSA) is 98.5 Å². The molecule has 0 spiro atoms. The molecule has 1 N–H and O–H groups in total. The minimum atomic E-state index is -3.80. The lowest BCUT2D eigenvalue weighted by atomic mass is 10.2. The van der Waals surface area contributed by atoms with Gasteiger partial charge in [0, 0.05) is 6.54 Å². The van der Waals surface area contributed by atoms with E-state index in [1.165, 1.54) is 12.1 Å². The van der Waals surface area contributed by atoms with Crippen molar-refractivity contribution >= 4 is 16.0 Å². The summed E-state index contributed by atoms with van der Waals surface area (Å²) < 4.78 is 25.9. The number of carbonyl (C=O) groups is 1. The summed E-state index contributed by atoms with van der Waals surface area (Å²) in [4.78, 5) is 11.1. The molecule has 1 heterocycles. The van der Waals surface area contributed by atoms with Gasteiger partial charge in [-0.05, 0) is 30.5 Å². The first-order chi connectivity index (χ1) is 9.46. The van der Waals surface area contributed by atoms with Crippen LogP contribution in [-0.4, -0.2) is 36.4 Å². The van der Waals surface area contributed by atoms with Crippen LogP contribution >= 0.6 is 0 Å². The highest BCUT2D eigenvalue weighted by molar-refractivity contribution is 7.89. The van der Waals surface area contributed by atoms with Gasteiger partial charge in [-0.3, -0.25) is 4.79 Å². The van der Waals surface area contributed by atoms with E-state index in [2.05, 4.69) is 0 Å². The zero-order valence-corrected chi connectivity index (χ0v) is 11.5. The number of benzene rings is 1. The maximum Gasteiger partial charge on any atom is 0.322 e. The predicted octanol–water partition coefficient (Wildman–Crippen LogP) is 0.990. The molecular weight excluding hydrogens is 280 g/mol. The molecule has 1 fully saturated rings. The van der Waals surface area contributed by atoms with E-state index in [4.69, 9.17) is 10.4 Å². The van der Waals surface area contributed by atoms with Crippen molar-refractivity contribution in [3.05, 3.63) is 29.8 Å². The molecule has 0 bridgehead atoms. The van der Waals surface area contributed by atoms with Crippen molar-refractivity contribution in [2.75, 3.05) is 6.54 Å². The van der Waals surface area contributed by atoms with Gasteiger partial charge in [-0.2, -0.15) is 9.57 Å². The van der Waals surface area contributed by atoms with E-state index < -0.39 is 22.0 Å². The lowest BCUT2D eigenvalue weighted by Gasteiger charge is -2.20. The number of aliphatic carboxylic acids is 1. The van der Waals surface area contributed by atoms with Crippen molar-refractivity contribution in [2.24, 2.45) is 0 Å². The number of carboxylic acid groups (broad SMARTS) is 1. The Morgan fingerprint density at radius 2 is 2.05 bits per heavy atom. The van der Waals surface area contributed by atoms with Gasteiger partial charge in [-0.25, -0.2) is 8.42 Å². The highest BCUT2D eigenvalue weighted by Gasteiger charge is 2.39. The zero-order valence-electron chi connectivity index (χ0n) is 10.7. The fraction of sp³-hybridized carbons (Fsp3) is 0.385. The van der Waals surface area contributed by atoms with E-state index in [-0.39, 0.29) is 17.9 Å². The van der Waals surface area contributed by atoms with Crippen LogP contribution in [0.15, 0.2) is 29.2 Å². The van der Waals surface area contributed by atoms with Crippen LogP contribution in [0.4, 0.5) is 0 Å². The molecule has 1 aliphatic rings. The molecule has 0 aromatic heterocycles. The zero-order chi connectivity index (χ0) is 14.8. The minimum absolute atomic E-state index is 0.0624. The summed E-state index contributed by atoms with van der Waals surface area (Å²) in [5.41, 5.74) is 0.725. The summed E-state index contributed by atoms with van der Waals surface area (Å²) in [7, 11) is -3.80. The second kappa shape index (κ2) is 5.61. The van der Waals surface area contributed by atoms with Crippen LogP contribution in [0.3, 0.4) is 0 Å². The number of sulfonamides is 1. The highest BCUT2D eigenvalue weighted by atomic mass is 32.2. The standard InChI is InChI=1S/C13H14N2O4S/c14-8-7-10-3-5-11(6-4-10)20(18,19)15-9-1-2-12(15)13(16)17/h3-6,12H,1-2,7,9H2,(H,16,17)/t12-/m0/s1. The van der Waals surface area contributed by atoms with Gasteiger partial charge in [-0.15, -0.1) is 0 Å². The van der Waals surface area contributed by atoms with E-state index in [9.17, 15) is 13.2 Å². The normalized spacial score (nSPS) is 19.6. The molecule has 0 amide bonds. The van der Waals surface area contributed by atoms with Gasteiger partial charge in [0.1, 0.15) is 6.04 Å². The number of nitriles is 1. The molecule has 2 rings (SSSR count). The summed E-state index contributed by atoms with van der Waals surface area (Å²) >= 11 is 0. The molecule has 7 heteroatoms. The average Bonchev–Trinajstić information content (AvgIpc) is 2.90. The smallest absolute Gasteiger partial charge is 0.322 e. The minimum Gasteiger partial charge on any atom is -0.480 e. The number of hydrogen-bond donors (Lipinski definition) is 1. The average molecular weight is 294 g/mol. The van der Waals surface area contributed by atoms with Gasteiger partial charge in [-0.1, -0.05) is 12.1 Å². The van der Waals surface area contributed by atoms with E-state index in [0.29, 0.717) is 12.8 Å². The molecule has 20 heavy (non-hydrogen) atoms. The number of nitrogens with zero attached hydrogens (tertiary/aromatic N) is 2. The Bertz CT molecular complexity index is 646. The maximum absolute atomic E-state index is 12.4. The third kappa shape index (κ3) is 2.66. The highest BCUT2D eigenvalue weighted by Crippen LogP contribution is 2.26. The van der Waals surface area contributed by atoms with Gasteiger partial charge < -0.3 is 5.11 Å². The molecule has 0 radical (unpaired) electrons. The Morgan fingerprint density at radius 3 is 2.60 bits per heavy atom. The molecule has 1 aromatic carbocycles. The van der Waals surface area contributed by atoms with Crippen molar-refractivity contribution in [1.82, 2.24) is 4.31 Å². The lowest BCUT2D eigenvalue weighted by Crippen LogP contribution is -2.40. The first-order valence-corrected chi connectivity index (χ1v) is 7.61. The largest absolute Gasteiger partial charge is 0.480 e. The van der Waals surface area contributed by atoms with E-state index >= 15 is 0 Å². The monoisotopic (exact) mass is 294 g/mol. The van der Waals surface area contributed by atoms with Crippen LogP contribution in [0.1, 0.15) is 18.4 Å². The van der Waals surface area contributed by atoms with Crippen molar-refractivity contribution in [3.63, 3.8) is 0 Å². The van der Waals surface area contributed by atoms with E-state index in [1.54, 1.807) is 12.1 Å². The molecule has 0 aliphatic carbocycles. The van der Waals surface area contributed by atoms with Crippen molar-refractivity contribution < 1.29 is 18.3 Å². The van der Waals surface area contributed by atoms with Crippen molar-refractivity contribution in [1.29, 1.82) is 5.26 Å². The summed E-state index contributed by atoms with van der Waals surface area (Å²) in [6.45, 7) is 0.221. The predicted molar refractivity (Wildman–Crippen MR) is 70.3 cm³/mol. The third-order valence-electron chi connectivity index (χ3n) is 3.30. The number of carboxylic acids is 1. The Labute approximate surface area is 117 Å². The molecule has 0 saturated carbocycles. The lowest BCUT2D eigenvalue weighted by molar-refractivity contribution is -0.140. The molecule has 1 aliphatic heterocycles. The number of rotatable bonds is 4. The van der Waals surface area contributed by atoms with Crippen molar-refractivity contribution in [2.45, 2.75) is 30.2 Å². The second-order valence-electron chi connectivity index (χ2n) is 4.59. The summed E-state index contributed by atoms with van der Waals surface area (Å²) in [6, 6.07) is 6.97. The van der Waals surface area contributed by atoms with Crippen LogP contribution in [0.25, 0.3) is 0 Å². The van der Waals surface area contributed by atoms with Crippen LogP contribution in [0, 0.1) is 11.3 Å². The summed E-state index contributed by atoms with van der Waals surface area (Å²) in [5.74, 6) is -1.12. The molecule has 1 aromatic rings. The Balaban J connectivity index is 2.30. The first kappa shape index (κ1) is 14.5. The van der Waals surface area contributed by atoms with Gasteiger partial charge in [0.05, 0.1) is 17.4 Å². The van der Waals surface area contributed by atoms with Gasteiger partial charge in [0.2, 0.25) is 10.0 Å². The quantitative estimate of drug-likeness (QED) is 0.892. The fourth-order valence-corrected chi connectivity index (χ4v) is 3.93. The molecular formula is C13H14N2O4S. The van der Waals surface area contributed by atoms with Gasteiger partial charge in [0.25, 0.3) is 0 Å². The summed E-state index contributed by atoms with van der Waals surface area (Å²) in [5, 5.41) is 17.6. The SMILES string of the molecule is N#CCc1ccc(S(=O)(=O)N2CCC[C@H]2C(=O)O)cc1. The Morgan fingerprint density at radius 1 is 1.40 bits per heavy atom. The molecule has 6 nitrogen and oxygen atoms in total. The number of hydrogen-bond acceptors (Lipinski definition) is 4. The van der Waals surface area contributed by atoms with Gasteiger partial charge in [0.15, 0.2) is 0 Å². The van der Waals surface area contributed by atoms with Crippen molar-refractivity contribution in [3.8, 4) is 6.07 Å². The summed E-state index contributed by atoms with van der Waals surface area (Å²) in [6.07, 6.45) is 1.09.